The van der Waals surface area contributed by atoms with Crippen LogP contribution < -0.4 is 5.32 Å². The number of hydrogen-bond acceptors (Lipinski definition) is 3. The maximum absolute atomic E-state index is 5.63. The van der Waals surface area contributed by atoms with Gasteiger partial charge in [-0.3, -0.25) is 0 Å². The van der Waals surface area contributed by atoms with Gasteiger partial charge in [0.1, 0.15) is 5.82 Å². The molecular formula is C13H23N3O. The van der Waals surface area contributed by atoms with Crippen molar-refractivity contribution in [3.05, 3.63) is 18.2 Å². The van der Waals surface area contributed by atoms with Gasteiger partial charge < -0.3 is 14.6 Å². The predicted octanol–water partition coefficient (Wildman–Crippen LogP) is 1.95. The Kier molecular flexibility index (Phi) is 3.84. The third-order valence-corrected chi connectivity index (χ3v) is 3.80. The highest BCUT2D eigenvalue weighted by Crippen LogP contribution is 2.25. The van der Waals surface area contributed by atoms with Crippen LogP contribution in [0.25, 0.3) is 0 Å². The number of aromatic nitrogens is 2. The van der Waals surface area contributed by atoms with Gasteiger partial charge in [0.15, 0.2) is 0 Å². The van der Waals surface area contributed by atoms with Crippen LogP contribution in [0.1, 0.15) is 39.4 Å². The van der Waals surface area contributed by atoms with Gasteiger partial charge in [-0.25, -0.2) is 4.98 Å². The second-order valence-corrected chi connectivity index (χ2v) is 5.07. The number of imidazole rings is 1. The summed E-state index contributed by atoms with van der Waals surface area (Å²) in [6.07, 6.45) is 6.42. The van der Waals surface area contributed by atoms with Crippen molar-refractivity contribution in [2.24, 2.45) is 0 Å². The summed E-state index contributed by atoms with van der Waals surface area (Å²) >= 11 is 0. The van der Waals surface area contributed by atoms with Crippen molar-refractivity contribution < 1.29 is 4.74 Å². The van der Waals surface area contributed by atoms with Crippen LogP contribution in [0.3, 0.4) is 0 Å². The minimum absolute atomic E-state index is 0.0863. The van der Waals surface area contributed by atoms with Gasteiger partial charge >= 0.3 is 0 Å². The first-order chi connectivity index (χ1) is 8.15. The van der Waals surface area contributed by atoms with E-state index in [1.165, 1.54) is 0 Å². The summed E-state index contributed by atoms with van der Waals surface area (Å²) in [6.45, 7) is 9.27. The summed E-state index contributed by atoms with van der Waals surface area (Å²) in [5.74, 6) is 1.12. The van der Waals surface area contributed by atoms with E-state index in [4.69, 9.17) is 4.74 Å². The zero-order chi connectivity index (χ0) is 12.3. The molecule has 2 unspecified atom stereocenters. The van der Waals surface area contributed by atoms with Crippen LogP contribution in [-0.4, -0.2) is 27.8 Å². The molecule has 17 heavy (non-hydrogen) atoms. The van der Waals surface area contributed by atoms with Gasteiger partial charge in [0.25, 0.3) is 0 Å². The van der Waals surface area contributed by atoms with Crippen LogP contribution in [0.2, 0.25) is 0 Å². The lowest BCUT2D eigenvalue weighted by Crippen LogP contribution is -2.47. The summed E-state index contributed by atoms with van der Waals surface area (Å²) in [7, 11) is 0. The molecule has 1 N–H and O–H groups in total. The SMILES string of the molecule is CCCn1ccnc1CNC1(C)CCOC1C. The molecule has 2 atom stereocenters. The number of aryl methyl sites for hydroxylation is 1. The third-order valence-electron chi connectivity index (χ3n) is 3.80. The van der Waals surface area contributed by atoms with Crippen molar-refractivity contribution >= 4 is 0 Å². The minimum atomic E-state index is 0.0863. The molecule has 0 bridgehead atoms. The number of nitrogens with zero attached hydrogens (tertiary/aromatic N) is 2. The lowest BCUT2D eigenvalue weighted by Gasteiger charge is -2.29. The molecule has 4 nitrogen and oxygen atoms in total. The topological polar surface area (TPSA) is 39.1 Å². The van der Waals surface area contributed by atoms with E-state index in [0.29, 0.717) is 0 Å². The molecule has 2 heterocycles. The van der Waals surface area contributed by atoms with Gasteiger partial charge in [0.05, 0.1) is 12.6 Å². The summed E-state index contributed by atoms with van der Waals surface area (Å²) in [5, 5.41) is 3.60. The molecule has 0 aromatic carbocycles. The second-order valence-electron chi connectivity index (χ2n) is 5.07. The van der Waals surface area contributed by atoms with E-state index in [1.807, 2.05) is 6.20 Å². The summed E-state index contributed by atoms with van der Waals surface area (Å²) in [4.78, 5) is 4.41. The smallest absolute Gasteiger partial charge is 0.122 e. The maximum Gasteiger partial charge on any atom is 0.122 e. The normalized spacial score (nSPS) is 28.8. The fourth-order valence-corrected chi connectivity index (χ4v) is 2.30. The molecule has 1 fully saturated rings. The van der Waals surface area contributed by atoms with Crippen LogP contribution in [-0.2, 0) is 17.8 Å². The Morgan fingerprint density at radius 2 is 2.47 bits per heavy atom. The Balaban J connectivity index is 1.95. The second kappa shape index (κ2) is 5.19. The van der Waals surface area contributed by atoms with Gasteiger partial charge in [-0.05, 0) is 26.7 Å². The van der Waals surface area contributed by atoms with Crippen molar-refractivity contribution in [1.29, 1.82) is 0 Å². The van der Waals surface area contributed by atoms with Gasteiger partial charge in [0.2, 0.25) is 0 Å². The molecule has 0 amide bonds. The van der Waals surface area contributed by atoms with Crippen LogP contribution >= 0.6 is 0 Å². The number of rotatable bonds is 5. The van der Waals surface area contributed by atoms with E-state index in [2.05, 4.69) is 41.8 Å². The van der Waals surface area contributed by atoms with E-state index >= 15 is 0 Å². The first-order valence-electron chi connectivity index (χ1n) is 6.52. The Labute approximate surface area is 103 Å². The van der Waals surface area contributed by atoms with Gasteiger partial charge in [-0.15, -0.1) is 0 Å². The zero-order valence-electron chi connectivity index (χ0n) is 11.1. The van der Waals surface area contributed by atoms with Crippen molar-refractivity contribution in [1.82, 2.24) is 14.9 Å². The zero-order valence-corrected chi connectivity index (χ0v) is 11.1. The number of nitrogens with one attached hydrogen (secondary N) is 1. The first-order valence-corrected chi connectivity index (χ1v) is 6.52. The molecule has 0 radical (unpaired) electrons. The van der Waals surface area contributed by atoms with E-state index in [-0.39, 0.29) is 11.6 Å². The molecule has 1 saturated heterocycles. The van der Waals surface area contributed by atoms with Crippen LogP contribution in [0, 0.1) is 0 Å². The van der Waals surface area contributed by atoms with Gasteiger partial charge in [-0.1, -0.05) is 6.92 Å². The van der Waals surface area contributed by atoms with E-state index in [0.717, 1.165) is 38.4 Å². The molecule has 1 aliphatic rings. The van der Waals surface area contributed by atoms with Crippen LogP contribution in [0.15, 0.2) is 12.4 Å². The van der Waals surface area contributed by atoms with Crippen molar-refractivity contribution in [2.75, 3.05) is 6.61 Å². The Morgan fingerprint density at radius 3 is 3.12 bits per heavy atom. The standard InChI is InChI=1S/C13H23N3O/c1-4-7-16-8-6-14-12(16)10-15-13(3)5-9-17-11(13)2/h6,8,11,15H,4-5,7,9-10H2,1-3H3. The molecule has 0 spiro atoms. The Hall–Kier alpha value is -0.870. The molecule has 96 valence electrons. The Bertz CT molecular complexity index is 363. The lowest BCUT2D eigenvalue weighted by atomic mass is 9.95. The highest BCUT2D eigenvalue weighted by molar-refractivity contribution is 4.98. The molecule has 1 aliphatic heterocycles. The Morgan fingerprint density at radius 1 is 1.65 bits per heavy atom. The molecule has 0 saturated carbocycles. The number of hydrogen-bond donors (Lipinski definition) is 1. The summed E-state index contributed by atoms with van der Waals surface area (Å²) < 4.78 is 7.85. The molecule has 1 aromatic heterocycles. The fourth-order valence-electron chi connectivity index (χ4n) is 2.30. The molecule has 4 heteroatoms. The highest BCUT2D eigenvalue weighted by atomic mass is 16.5. The van der Waals surface area contributed by atoms with Crippen LogP contribution in [0.5, 0.6) is 0 Å². The van der Waals surface area contributed by atoms with Crippen molar-refractivity contribution in [2.45, 2.75) is 58.3 Å². The maximum atomic E-state index is 5.63. The average molecular weight is 237 g/mol. The van der Waals surface area contributed by atoms with E-state index < -0.39 is 0 Å². The highest BCUT2D eigenvalue weighted by Gasteiger charge is 2.36. The predicted molar refractivity (Wildman–Crippen MR) is 67.8 cm³/mol. The lowest BCUT2D eigenvalue weighted by molar-refractivity contribution is 0.0878. The number of ether oxygens (including phenoxy) is 1. The fraction of sp³-hybridized carbons (Fsp3) is 0.769. The molecule has 2 rings (SSSR count). The van der Waals surface area contributed by atoms with Crippen molar-refractivity contribution in [3.8, 4) is 0 Å². The summed E-state index contributed by atoms with van der Waals surface area (Å²) in [6, 6.07) is 0. The van der Waals surface area contributed by atoms with Crippen molar-refractivity contribution in [3.63, 3.8) is 0 Å². The quantitative estimate of drug-likeness (QED) is 0.850. The molecular weight excluding hydrogens is 214 g/mol. The third kappa shape index (κ3) is 2.69. The molecule has 1 aromatic rings. The summed E-state index contributed by atoms with van der Waals surface area (Å²) in [5.41, 5.74) is 0.0863. The molecule has 0 aliphatic carbocycles. The largest absolute Gasteiger partial charge is 0.377 e. The van der Waals surface area contributed by atoms with Gasteiger partial charge in [-0.2, -0.15) is 0 Å². The van der Waals surface area contributed by atoms with E-state index in [9.17, 15) is 0 Å². The van der Waals surface area contributed by atoms with Gasteiger partial charge in [0, 0.05) is 31.1 Å². The monoisotopic (exact) mass is 237 g/mol. The average Bonchev–Trinajstić information content (AvgIpc) is 2.86. The van der Waals surface area contributed by atoms with E-state index in [1.54, 1.807) is 0 Å². The van der Waals surface area contributed by atoms with Crippen LogP contribution in [0.4, 0.5) is 0 Å². The minimum Gasteiger partial charge on any atom is -0.377 e. The first kappa shape index (κ1) is 12.6.